The second-order valence-electron chi connectivity index (χ2n) is 4.68. The minimum Gasteiger partial charge on any atom is -0.504 e. The van der Waals surface area contributed by atoms with Gasteiger partial charge >= 0.3 is 6.18 Å². The zero-order valence-electron chi connectivity index (χ0n) is 9.84. The van der Waals surface area contributed by atoms with Gasteiger partial charge in [-0.2, -0.15) is 13.2 Å². The second kappa shape index (κ2) is 4.05. The molecule has 1 aliphatic rings. The Balaban J connectivity index is 2.49. The summed E-state index contributed by atoms with van der Waals surface area (Å²) in [7, 11) is 1.29. The highest BCUT2D eigenvalue weighted by molar-refractivity contribution is 5.51. The van der Waals surface area contributed by atoms with Crippen LogP contribution in [0.5, 0.6) is 11.5 Å². The monoisotopic (exact) mass is 261 g/mol. The fourth-order valence-corrected chi connectivity index (χ4v) is 1.91. The van der Waals surface area contributed by atoms with Crippen LogP contribution in [0.25, 0.3) is 0 Å². The lowest BCUT2D eigenvalue weighted by Gasteiger charge is -2.18. The quantitative estimate of drug-likeness (QED) is 0.878. The lowest BCUT2D eigenvalue weighted by Crippen LogP contribution is -2.26. The van der Waals surface area contributed by atoms with Crippen molar-refractivity contribution in [3.05, 3.63) is 23.3 Å². The van der Waals surface area contributed by atoms with E-state index in [1.54, 1.807) is 0 Å². The standard InChI is InChI=1S/C12H14F3NO2/c1-18-9-3-2-8(12(13,14)15)7(10(9)17)6-11(16)4-5-11/h2-3,17H,4-6,16H2,1H3. The van der Waals surface area contributed by atoms with Crippen molar-refractivity contribution in [2.24, 2.45) is 5.73 Å². The van der Waals surface area contributed by atoms with Gasteiger partial charge in [-0.15, -0.1) is 0 Å². The molecule has 3 nitrogen and oxygen atoms in total. The summed E-state index contributed by atoms with van der Waals surface area (Å²) < 4.78 is 43.4. The van der Waals surface area contributed by atoms with Crippen molar-refractivity contribution in [2.45, 2.75) is 31.0 Å². The summed E-state index contributed by atoms with van der Waals surface area (Å²) in [5.41, 5.74) is 4.18. The van der Waals surface area contributed by atoms with Crippen LogP contribution in [0.2, 0.25) is 0 Å². The van der Waals surface area contributed by atoms with E-state index in [0.29, 0.717) is 12.8 Å². The number of benzene rings is 1. The van der Waals surface area contributed by atoms with E-state index in [2.05, 4.69) is 0 Å². The topological polar surface area (TPSA) is 55.5 Å². The summed E-state index contributed by atoms with van der Waals surface area (Å²) in [5, 5.41) is 9.84. The Hall–Kier alpha value is -1.43. The lowest BCUT2D eigenvalue weighted by atomic mass is 9.97. The summed E-state index contributed by atoms with van der Waals surface area (Å²) in [4.78, 5) is 0. The van der Waals surface area contributed by atoms with E-state index in [0.717, 1.165) is 12.1 Å². The van der Waals surface area contributed by atoms with Crippen LogP contribution in [0.1, 0.15) is 24.0 Å². The van der Waals surface area contributed by atoms with Gasteiger partial charge in [0.2, 0.25) is 0 Å². The first-order valence-electron chi connectivity index (χ1n) is 5.52. The van der Waals surface area contributed by atoms with E-state index >= 15 is 0 Å². The maximum Gasteiger partial charge on any atom is 0.416 e. The highest BCUT2D eigenvalue weighted by atomic mass is 19.4. The Labute approximate surface area is 102 Å². The highest BCUT2D eigenvalue weighted by Gasteiger charge is 2.43. The molecule has 2 rings (SSSR count). The number of hydrogen-bond acceptors (Lipinski definition) is 3. The van der Waals surface area contributed by atoms with Gasteiger partial charge in [0.25, 0.3) is 0 Å². The van der Waals surface area contributed by atoms with E-state index in [1.807, 2.05) is 0 Å². The zero-order chi connectivity index (χ0) is 13.6. The van der Waals surface area contributed by atoms with Gasteiger partial charge in [0, 0.05) is 11.1 Å². The number of nitrogens with two attached hydrogens (primary N) is 1. The van der Waals surface area contributed by atoms with E-state index in [1.165, 1.54) is 7.11 Å². The number of ether oxygens (including phenoxy) is 1. The van der Waals surface area contributed by atoms with Crippen LogP contribution < -0.4 is 10.5 Å². The third-order valence-electron chi connectivity index (χ3n) is 3.19. The number of methoxy groups -OCH3 is 1. The Morgan fingerprint density at radius 3 is 2.44 bits per heavy atom. The first kappa shape index (κ1) is 13.0. The highest BCUT2D eigenvalue weighted by Crippen LogP contribution is 2.45. The Morgan fingerprint density at radius 1 is 1.39 bits per heavy atom. The normalized spacial score (nSPS) is 17.6. The van der Waals surface area contributed by atoms with E-state index in [9.17, 15) is 18.3 Å². The molecule has 3 N–H and O–H groups in total. The Bertz CT molecular complexity index is 467. The smallest absolute Gasteiger partial charge is 0.416 e. The van der Waals surface area contributed by atoms with Crippen LogP contribution in [-0.4, -0.2) is 17.8 Å². The molecule has 1 aromatic rings. The third kappa shape index (κ3) is 2.38. The molecule has 1 fully saturated rings. The number of phenols is 1. The van der Waals surface area contributed by atoms with Crippen molar-refractivity contribution >= 4 is 0 Å². The summed E-state index contributed by atoms with van der Waals surface area (Å²) in [6, 6.07) is 2.03. The predicted octanol–water partition coefficient (Wildman–Crippen LogP) is 2.45. The average Bonchev–Trinajstić information content (AvgIpc) is 2.98. The van der Waals surface area contributed by atoms with Crippen LogP contribution in [-0.2, 0) is 12.6 Å². The molecule has 0 atom stereocenters. The summed E-state index contributed by atoms with van der Waals surface area (Å²) in [5.74, 6) is -0.439. The van der Waals surface area contributed by atoms with Crippen LogP contribution in [0, 0.1) is 0 Å². The minimum atomic E-state index is -4.51. The number of halogens is 3. The fourth-order valence-electron chi connectivity index (χ4n) is 1.91. The molecule has 1 aliphatic carbocycles. The van der Waals surface area contributed by atoms with Crippen molar-refractivity contribution in [3.63, 3.8) is 0 Å². The fraction of sp³-hybridized carbons (Fsp3) is 0.500. The summed E-state index contributed by atoms with van der Waals surface area (Å²) >= 11 is 0. The zero-order valence-corrected chi connectivity index (χ0v) is 9.84. The van der Waals surface area contributed by atoms with Crippen LogP contribution >= 0.6 is 0 Å². The maximum absolute atomic E-state index is 12.9. The van der Waals surface area contributed by atoms with Crippen molar-refractivity contribution in [1.82, 2.24) is 0 Å². The van der Waals surface area contributed by atoms with Gasteiger partial charge < -0.3 is 15.6 Å². The molecule has 1 aromatic carbocycles. The molecule has 18 heavy (non-hydrogen) atoms. The Kier molecular flexibility index (Phi) is 2.93. The van der Waals surface area contributed by atoms with Gasteiger partial charge in [-0.3, -0.25) is 0 Å². The Morgan fingerprint density at radius 2 is 2.00 bits per heavy atom. The third-order valence-corrected chi connectivity index (χ3v) is 3.19. The molecular formula is C12H14F3NO2. The van der Waals surface area contributed by atoms with Gasteiger partial charge in [0.15, 0.2) is 11.5 Å². The van der Waals surface area contributed by atoms with Crippen molar-refractivity contribution in [2.75, 3.05) is 7.11 Å². The van der Waals surface area contributed by atoms with Crippen molar-refractivity contribution < 1.29 is 23.0 Å². The average molecular weight is 261 g/mol. The molecule has 0 saturated heterocycles. The molecule has 0 heterocycles. The molecular weight excluding hydrogens is 247 g/mol. The number of alkyl halides is 3. The first-order chi connectivity index (χ1) is 8.27. The molecule has 100 valence electrons. The molecule has 1 saturated carbocycles. The largest absolute Gasteiger partial charge is 0.504 e. The van der Waals surface area contributed by atoms with E-state index in [-0.39, 0.29) is 17.7 Å². The molecule has 6 heteroatoms. The van der Waals surface area contributed by atoms with Gasteiger partial charge in [0.1, 0.15) is 0 Å². The van der Waals surface area contributed by atoms with Crippen molar-refractivity contribution in [3.8, 4) is 11.5 Å². The van der Waals surface area contributed by atoms with Crippen LogP contribution in [0.15, 0.2) is 12.1 Å². The van der Waals surface area contributed by atoms with Gasteiger partial charge in [-0.25, -0.2) is 0 Å². The lowest BCUT2D eigenvalue weighted by molar-refractivity contribution is -0.138. The SMILES string of the molecule is COc1ccc(C(F)(F)F)c(CC2(N)CC2)c1O. The summed E-state index contributed by atoms with van der Waals surface area (Å²) in [6.45, 7) is 0. The van der Waals surface area contributed by atoms with E-state index in [4.69, 9.17) is 10.5 Å². The van der Waals surface area contributed by atoms with Gasteiger partial charge in [-0.1, -0.05) is 0 Å². The van der Waals surface area contributed by atoms with Crippen molar-refractivity contribution in [1.29, 1.82) is 0 Å². The molecule has 0 radical (unpaired) electrons. The molecule has 0 unspecified atom stereocenters. The molecule has 0 spiro atoms. The molecule has 0 aromatic heterocycles. The first-order valence-corrected chi connectivity index (χ1v) is 5.52. The van der Waals surface area contributed by atoms with Crippen LogP contribution in [0.4, 0.5) is 13.2 Å². The second-order valence-corrected chi connectivity index (χ2v) is 4.68. The number of phenolic OH excluding ortho intramolecular Hbond substituents is 1. The predicted molar refractivity (Wildman–Crippen MR) is 59.5 cm³/mol. The molecule has 0 amide bonds. The number of aromatic hydroxyl groups is 1. The number of hydrogen-bond donors (Lipinski definition) is 2. The minimum absolute atomic E-state index is 0.00484. The van der Waals surface area contributed by atoms with Gasteiger partial charge in [-0.05, 0) is 31.4 Å². The van der Waals surface area contributed by atoms with E-state index < -0.39 is 23.0 Å². The maximum atomic E-state index is 12.9. The number of rotatable bonds is 3. The van der Waals surface area contributed by atoms with Crippen LogP contribution in [0.3, 0.4) is 0 Å². The molecule has 0 aliphatic heterocycles. The molecule has 0 bridgehead atoms. The van der Waals surface area contributed by atoms with Gasteiger partial charge in [0.05, 0.1) is 12.7 Å². The summed E-state index contributed by atoms with van der Waals surface area (Å²) in [6.07, 6.45) is -3.17.